The van der Waals surface area contributed by atoms with Gasteiger partial charge < -0.3 is 9.64 Å². The molecule has 24 heavy (non-hydrogen) atoms. The van der Waals surface area contributed by atoms with Crippen molar-refractivity contribution in [2.24, 2.45) is 5.92 Å². The van der Waals surface area contributed by atoms with Crippen LogP contribution in [-0.2, 0) is 4.74 Å². The molecule has 0 aliphatic carbocycles. The summed E-state index contributed by atoms with van der Waals surface area (Å²) < 4.78 is 18.8. The number of hydrogen-bond donors (Lipinski definition) is 0. The average Bonchev–Trinajstić information content (AvgIpc) is 2.64. The summed E-state index contributed by atoms with van der Waals surface area (Å²) in [5.41, 5.74) is 2.56. The molecule has 1 heterocycles. The SMILES string of the molecule is COC(c1ccc(F)cc1)C1CCN(c2[c]cccc2C#N)CC1. The Kier molecular flexibility index (Phi) is 5.12. The van der Waals surface area contributed by atoms with Crippen molar-refractivity contribution in [1.29, 1.82) is 5.26 Å². The lowest BCUT2D eigenvalue weighted by molar-refractivity contribution is 0.0409. The van der Waals surface area contributed by atoms with Crippen LogP contribution in [0.5, 0.6) is 0 Å². The Morgan fingerprint density at radius 2 is 1.96 bits per heavy atom. The first-order valence-corrected chi connectivity index (χ1v) is 8.17. The summed E-state index contributed by atoms with van der Waals surface area (Å²) in [5.74, 6) is 0.151. The molecule has 1 unspecified atom stereocenters. The first-order chi connectivity index (χ1) is 11.7. The molecule has 4 heteroatoms. The number of ether oxygens (including phenoxy) is 1. The number of halogens is 1. The van der Waals surface area contributed by atoms with Crippen molar-refractivity contribution in [3.63, 3.8) is 0 Å². The van der Waals surface area contributed by atoms with Gasteiger partial charge in [0, 0.05) is 26.3 Å². The normalized spacial score (nSPS) is 16.6. The molecule has 1 saturated heterocycles. The molecule has 3 rings (SSSR count). The molecule has 0 bridgehead atoms. The second kappa shape index (κ2) is 7.46. The third kappa shape index (κ3) is 3.42. The molecule has 1 aliphatic rings. The molecule has 0 aromatic heterocycles. The van der Waals surface area contributed by atoms with Crippen LogP contribution in [0.2, 0.25) is 0 Å². The van der Waals surface area contributed by atoms with Gasteiger partial charge in [-0.1, -0.05) is 24.3 Å². The van der Waals surface area contributed by atoms with Crippen LogP contribution in [0.4, 0.5) is 10.1 Å². The lowest BCUT2D eigenvalue weighted by Gasteiger charge is -2.37. The summed E-state index contributed by atoms with van der Waals surface area (Å²) >= 11 is 0. The van der Waals surface area contributed by atoms with E-state index in [0.29, 0.717) is 11.5 Å². The van der Waals surface area contributed by atoms with Crippen LogP contribution in [0.3, 0.4) is 0 Å². The molecule has 1 fully saturated rings. The zero-order valence-electron chi connectivity index (χ0n) is 13.7. The molecule has 1 aliphatic heterocycles. The van der Waals surface area contributed by atoms with Crippen molar-refractivity contribution < 1.29 is 9.13 Å². The minimum absolute atomic E-state index is 0.0251. The van der Waals surface area contributed by atoms with Crippen LogP contribution >= 0.6 is 0 Å². The van der Waals surface area contributed by atoms with E-state index in [0.717, 1.165) is 37.2 Å². The lowest BCUT2D eigenvalue weighted by Crippen LogP contribution is -2.36. The van der Waals surface area contributed by atoms with Gasteiger partial charge in [0.2, 0.25) is 0 Å². The van der Waals surface area contributed by atoms with Crippen molar-refractivity contribution >= 4 is 5.69 Å². The summed E-state index contributed by atoms with van der Waals surface area (Å²) in [7, 11) is 1.71. The number of methoxy groups -OCH3 is 1. The van der Waals surface area contributed by atoms with Gasteiger partial charge in [-0.25, -0.2) is 4.39 Å². The fraction of sp³-hybridized carbons (Fsp3) is 0.350. The molecule has 123 valence electrons. The summed E-state index contributed by atoms with van der Waals surface area (Å²) in [6.07, 6.45) is 1.90. The Bertz CT molecular complexity index is 715. The number of hydrogen-bond acceptors (Lipinski definition) is 3. The highest BCUT2D eigenvalue weighted by Gasteiger charge is 2.28. The number of nitriles is 1. The van der Waals surface area contributed by atoms with Gasteiger partial charge in [0.15, 0.2) is 0 Å². The average molecular weight is 323 g/mol. The number of rotatable bonds is 4. The van der Waals surface area contributed by atoms with E-state index in [-0.39, 0.29) is 11.9 Å². The summed E-state index contributed by atoms with van der Waals surface area (Å²) in [5, 5.41) is 9.25. The van der Waals surface area contributed by atoms with Gasteiger partial charge in [-0.2, -0.15) is 5.26 Å². The number of benzene rings is 2. The Balaban J connectivity index is 1.70. The molecule has 3 nitrogen and oxygen atoms in total. The lowest BCUT2D eigenvalue weighted by atomic mass is 9.87. The molecule has 2 aromatic rings. The van der Waals surface area contributed by atoms with E-state index in [4.69, 9.17) is 4.74 Å². The highest BCUT2D eigenvalue weighted by molar-refractivity contribution is 5.58. The van der Waals surface area contributed by atoms with E-state index in [1.807, 2.05) is 18.2 Å². The predicted molar refractivity (Wildman–Crippen MR) is 91.1 cm³/mol. The minimum atomic E-state index is -0.230. The fourth-order valence-electron chi connectivity index (χ4n) is 3.46. The van der Waals surface area contributed by atoms with E-state index in [9.17, 15) is 9.65 Å². The van der Waals surface area contributed by atoms with Crippen LogP contribution < -0.4 is 4.90 Å². The molecule has 1 atom stereocenters. The molecule has 0 saturated carbocycles. The Morgan fingerprint density at radius 3 is 2.58 bits per heavy atom. The van der Waals surface area contributed by atoms with Gasteiger partial charge in [0.05, 0.1) is 17.4 Å². The van der Waals surface area contributed by atoms with E-state index in [1.54, 1.807) is 19.2 Å². The number of para-hydroxylation sites is 1. The van der Waals surface area contributed by atoms with Crippen molar-refractivity contribution in [2.45, 2.75) is 18.9 Å². The standard InChI is InChI=1S/C20H20FN2O/c1-24-20(15-6-8-18(21)9-7-15)16-10-12-23(13-11-16)19-5-3-2-4-17(19)14-22/h2-4,6-9,16,20H,10-13H2,1H3. The Labute approximate surface area is 142 Å². The van der Waals surface area contributed by atoms with Crippen LogP contribution in [0.15, 0.2) is 42.5 Å². The smallest absolute Gasteiger partial charge is 0.123 e. The highest BCUT2D eigenvalue weighted by atomic mass is 19.1. The molecular weight excluding hydrogens is 303 g/mol. The maximum Gasteiger partial charge on any atom is 0.123 e. The Morgan fingerprint density at radius 1 is 1.25 bits per heavy atom. The van der Waals surface area contributed by atoms with Crippen molar-refractivity contribution in [3.8, 4) is 6.07 Å². The first-order valence-electron chi connectivity index (χ1n) is 8.17. The summed E-state index contributed by atoms with van der Waals surface area (Å²) in [6.45, 7) is 1.72. The van der Waals surface area contributed by atoms with E-state index in [2.05, 4.69) is 17.0 Å². The molecule has 0 amide bonds. The molecule has 0 N–H and O–H groups in total. The predicted octanol–water partition coefficient (Wildman–Crippen LogP) is 4.10. The minimum Gasteiger partial charge on any atom is -0.376 e. The zero-order valence-corrected chi connectivity index (χ0v) is 13.7. The molecule has 2 aromatic carbocycles. The van der Waals surface area contributed by atoms with Crippen LogP contribution in [0, 0.1) is 29.1 Å². The number of piperidine rings is 1. The van der Waals surface area contributed by atoms with Gasteiger partial charge >= 0.3 is 0 Å². The largest absolute Gasteiger partial charge is 0.376 e. The fourth-order valence-corrected chi connectivity index (χ4v) is 3.46. The van der Waals surface area contributed by atoms with Crippen LogP contribution in [0.1, 0.15) is 30.1 Å². The second-order valence-corrected chi connectivity index (χ2v) is 6.08. The van der Waals surface area contributed by atoms with Gasteiger partial charge in [0.25, 0.3) is 0 Å². The number of anilines is 1. The third-order valence-corrected chi connectivity index (χ3v) is 4.69. The second-order valence-electron chi connectivity index (χ2n) is 6.08. The molecule has 1 radical (unpaired) electrons. The maximum absolute atomic E-state index is 13.1. The van der Waals surface area contributed by atoms with Gasteiger partial charge in [-0.3, -0.25) is 0 Å². The van der Waals surface area contributed by atoms with Gasteiger partial charge in [-0.15, -0.1) is 0 Å². The quantitative estimate of drug-likeness (QED) is 0.850. The van der Waals surface area contributed by atoms with Gasteiger partial charge in [-0.05, 0) is 42.5 Å². The van der Waals surface area contributed by atoms with Crippen molar-refractivity contribution in [3.05, 3.63) is 65.5 Å². The summed E-state index contributed by atoms with van der Waals surface area (Å²) in [4.78, 5) is 2.21. The van der Waals surface area contributed by atoms with Crippen molar-refractivity contribution in [1.82, 2.24) is 0 Å². The summed E-state index contributed by atoms with van der Waals surface area (Å²) in [6, 6.07) is 17.5. The zero-order chi connectivity index (χ0) is 16.9. The maximum atomic E-state index is 13.1. The molecular formula is C20H20FN2O. The first kappa shape index (κ1) is 16.5. The van der Waals surface area contributed by atoms with E-state index >= 15 is 0 Å². The van der Waals surface area contributed by atoms with Crippen LogP contribution in [0.25, 0.3) is 0 Å². The van der Waals surface area contributed by atoms with Crippen LogP contribution in [-0.4, -0.2) is 20.2 Å². The van der Waals surface area contributed by atoms with E-state index in [1.165, 1.54) is 12.1 Å². The topological polar surface area (TPSA) is 36.3 Å². The monoisotopic (exact) mass is 323 g/mol. The third-order valence-electron chi connectivity index (χ3n) is 4.69. The highest BCUT2D eigenvalue weighted by Crippen LogP contribution is 2.35. The van der Waals surface area contributed by atoms with E-state index < -0.39 is 0 Å². The van der Waals surface area contributed by atoms with Crippen molar-refractivity contribution in [2.75, 3.05) is 25.1 Å². The Hall–Kier alpha value is -2.38. The molecule has 0 spiro atoms. The van der Waals surface area contributed by atoms with Gasteiger partial charge in [0.1, 0.15) is 11.9 Å². The number of nitrogens with zero attached hydrogens (tertiary/aromatic N) is 2.